The van der Waals surface area contributed by atoms with Gasteiger partial charge in [-0.05, 0) is 46.3 Å². The van der Waals surface area contributed by atoms with E-state index in [1.807, 2.05) is 13.8 Å². The van der Waals surface area contributed by atoms with Crippen molar-refractivity contribution in [3.05, 3.63) is 0 Å². The number of ether oxygens (including phenoxy) is 1. The quantitative estimate of drug-likeness (QED) is 0.713. The topological polar surface area (TPSA) is 41.6 Å². The predicted octanol–water partition coefficient (Wildman–Crippen LogP) is 1.01. The Bertz CT molecular complexity index is 213. The summed E-state index contributed by atoms with van der Waals surface area (Å²) >= 11 is 0. The van der Waals surface area contributed by atoms with Gasteiger partial charge in [-0.2, -0.15) is 0 Å². The third kappa shape index (κ3) is 4.10. The highest BCUT2D eigenvalue weighted by Crippen LogP contribution is 2.10. The van der Waals surface area contributed by atoms with Crippen molar-refractivity contribution in [3.8, 4) is 0 Å². The van der Waals surface area contributed by atoms with Gasteiger partial charge in [0.25, 0.3) is 0 Å². The van der Waals surface area contributed by atoms with Gasteiger partial charge >= 0.3 is 5.97 Å². The Labute approximate surface area is 98.3 Å². The lowest BCUT2D eigenvalue weighted by atomic mass is 10.0. The lowest BCUT2D eigenvalue weighted by molar-refractivity contribution is -0.145. The summed E-state index contributed by atoms with van der Waals surface area (Å²) in [6, 6.07) is 0.278. The fourth-order valence-electron chi connectivity index (χ4n) is 2.10. The van der Waals surface area contributed by atoms with Gasteiger partial charge in [0.05, 0.1) is 6.61 Å². The first-order valence-electron chi connectivity index (χ1n) is 6.32. The van der Waals surface area contributed by atoms with Crippen LogP contribution in [0.25, 0.3) is 0 Å². The van der Waals surface area contributed by atoms with Gasteiger partial charge in [0.1, 0.15) is 6.04 Å². The molecular weight excluding hydrogens is 204 g/mol. The van der Waals surface area contributed by atoms with Gasteiger partial charge in [-0.25, -0.2) is 0 Å². The molecule has 0 aromatic heterocycles. The van der Waals surface area contributed by atoms with Crippen molar-refractivity contribution < 1.29 is 9.53 Å². The Balaban J connectivity index is 2.25. The highest BCUT2D eigenvalue weighted by molar-refractivity contribution is 5.75. The van der Waals surface area contributed by atoms with Crippen LogP contribution < -0.4 is 5.32 Å². The summed E-state index contributed by atoms with van der Waals surface area (Å²) in [7, 11) is 0. The fourth-order valence-corrected chi connectivity index (χ4v) is 2.10. The predicted molar refractivity (Wildman–Crippen MR) is 64.4 cm³/mol. The molecule has 0 radical (unpaired) electrons. The van der Waals surface area contributed by atoms with Crippen molar-refractivity contribution in [1.82, 2.24) is 10.2 Å². The number of likely N-dealkylation sites (tertiary alicyclic amines) is 1. The van der Waals surface area contributed by atoms with E-state index in [4.69, 9.17) is 4.74 Å². The molecule has 0 aliphatic carbocycles. The number of rotatable bonds is 5. The van der Waals surface area contributed by atoms with Crippen LogP contribution in [0.15, 0.2) is 0 Å². The smallest absolute Gasteiger partial charge is 0.322 e. The summed E-state index contributed by atoms with van der Waals surface area (Å²) in [4.78, 5) is 13.9. The maximum Gasteiger partial charge on any atom is 0.322 e. The van der Waals surface area contributed by atoms with Crippen molar-refractivity contribution in [1.29, 1.82) is 0 Å². The number of piperidine rings is 1. The normalized spacial score (nSPS) is 20.7. The molecule has 94 valence electrons. The molecule has 0 amide bonds. The fraction of sp³-hybridized carbons (Fsp3) is 0.917. The van der Waals surface area contributed by atoms with Crippen LogP contribution in [0.2, 0.25) is 0 Å². The van der Waals surface area contributed by atoms with Crippen molar-refractivity contribution >= 4 is 5.97 Å². The molecule has 0 aromatic rings. The van der Waals surface area contributed by atoms with E-state index in [-0.39, 0.29) is 12.0 Å². The van der Waals surface area contributed by atoms with E-state index >= 15 is 0 Å². The van der Waals surface area contributed by atoms with E-state index in [9.17, 15) is 4.79 Å². The van der Waals surface area contributed by atoms with Crippen LogP contribution in [0.3, 0.4) is 0 Å². The van der Waals surface area contributed by atoms with Crippen LogP contribution in [0, 0.1) is 0 Å². The molecule has 1 N–H and O–H groups in total. The highest BCUT2D eigenvalue weighted by Gasteiger charge is 2.22. The zero-order valence-electron chi connectivity index (χ0n) is 10.7. The molecular formula is C12H24N2O2. The van der Waals surface area contributed by atoms with Crippen LogP contribution in [-0.4, -0.2) is 49.2 Å². The van der Waals surface area contributed by atoms with Crippen molar-refractivity contribution in [2.45, 2.75) is 45.7 Å². The minimum atomic E-state index is -0.182. The summed E-state index contributed by atoms with van der Waals surface area (Å²) < 4.78 is 4.98. The summed E-state index contributed by atoms with van der Waals surface area (Å²) in [6.45, 7) is 9.75. The number of esters is 1. The molecule has 1 aliphatic heterocycles. The van der Waals surface area contributed by atoms with Crippen molar-refractivity contribution in [2.75, 3.05) is 26.2 Å². The molecule has 1 atom stereocenters. The molecule has 0 spiro atoms. The molecule has 0 aromatic carbocycles. The summed E-state index contributed by atoms with van der Waals surface area (Å²) in [6.07, 6.45) is 2.25. The van der Waals surface area contributed by atoms with Gasteiger partial charge in [0.15, 0.2) is 0 Å². The largest absolute Gasteiger partial charge is 0.465 e. The highest BCUT2D eigenvalue weighted by atomic mass is 16.5. The maximum absolute atomic E-state index is 11.4. The van der Waals surface area contributed by atoms with E-state index in [2.05, 4.69) is 17.1 Å². The van der Waals surface area contributed by atoms with E-state index in [0.717, 1.165) is 32.5 Å². The standard InChI is InChI=1S/C12H24N2O2/c1-4-14-8-6-11(7-9-14)13-10(3)12(15)16-5-2/h10-11,13H,4-9H2,1-3H3. The number of carbonyl (C=O) groups excluding carboxylic acids is 1. The van der Waals surface area contributed by atoms with Crippen molar-refractivity contribution in [2.24, 2.45) is 0 Å². The molecule has 4 heteroatoms. The number of hydrogen-bond acceptors (Lipinski definition) is 4. The minimum Gasteiger partial charge on any atom is -0.465 e. The van der Waals surface area contributed by atoms with Crippen LogP contribution in [0.4, 0.5) is 0 Å². The molecule has 1 saturated heterocycles. The van der Waals surface area contributed by atoms with Crippen LogP contribution in [0.5, 0.6) is 0 Å². The lowest BCUT2D eigenvalue weighted by Crippen LogP contribution is -2.48. The van der Waals surface area contributed by atoms with E-state index < -0.39 is 0 Å². The molecule has 1 fully saturated rings. The Hall–Kier alpha value is -0.610. The second-order valence-electron chi connectivity index (χ2n) is 4.35. The molecule has 0 bridgehead atoms. The molecule has 1 aliphatic rings. The molecule has 16 heavy (non-hydrogen) atoms. The third-order valence-electron chi connectivity index (χ3n) is 3.16. The number of hydrogen-bond donors (Lipinski definition) is 1. The first-order chi connectivity index (χ1) is 7.67. The van der Waals surface area contributed by atoms with E-state index in [0.29, 0.717) is 12.6 Å². The molecule has 1 unspecified atom stereocenters. The molecule has 0 saturated carbocycles. The summed E-state index contributed by atoms with van der Waals surface area (Å²) in [5.74, 6) is -0.138. The Morgan fingerprint density at radius 2 is 2.06 bits per heavy atom. The average molecular weight is 228 g/mol. The van der Waals surface area contributed by atoms with Crippen LogP contribution in [0.1, 0.15) is 33.6 Å². The Kier molecular flexibility index (Phi) is 5.77. The van der Waals surface area contributed by atoms with Crippen LogP contribution >= 0.6 is 0 Å². The third-order valence-corrected chi connectivity index (χ3v) is 3.16. The first kappa shape index (κ1) is 13.5. The van der Waals surface area contributed by atoms with Gasteiger partial charge in [-0.1, -0.05) is 6.92 Å². The Morgan fingerprint density at radius 3 is 2.56 bits per heavy atom. The van der Waals surface area contributed by atoms with Crippen LogP contribution in [-0.2, 0) is 9.53 Å². The van der Waals surface area contributed by atoms with Gasteiger partial charge in [0, 0.05) is 6.04 Å². The van der Waals surface area contributed by atoms with Gasteiger partial charge in [-0.15, -0.1) is 0 Å². The molecule has 1 heterocycles. The SMILES string of the molecule is CCOC(=O)C(C)NC1CCN(CC)CC1. The number of nitrogens with one attached hydrogen (secondary N) is 1. The van der Waals surface area contributed by atoms with E-state index in [1.54, 1.807) is 0 Å². The second kappa shape index (κ2) is 6.86. The minimum absolute atomic E-state index is 0.138. The molecule has 1 rings (SSSR count). The monoisotopic (exact) mass is 228 g/mol. The van der Waals surface area contributed by atoms with Gasteiger partial charge in [-0.3, -0.25) is 4.79 Å². The average Bonchev–Trinajstić information content (AvgIpc) is 2.30. The van der Waals surface area contributed by atoms with Gasteiger partial charge in [0.2, 0.25) is 0 Å². The zero-order chi connectivity index (χ0) is 12.0. The zero-order valence-corrected chi connectivity index (χ0v) is 10.7. The second-order valence-corrected chi connectivity index (χ2v) is 4.35. The Morgan fingerprint density at radius 1 is 1.44 bits per heavy atom. The lowest BCUT2D eigenvalue weighted by Gasteiger charge is -2.32. The first-order valence-corrected chi connectivity index (χ1v) is 6.32. The van der Waals surface area contributed by atoms with E-state index in [1.165, 1.54) is 0 Å². The number of nitrogens with zero attached hydrogens (tertiary/aromatic N) is 1. The number of carbonyl (C=O) groups is 1. The van der Waals surface area contributed by atoms with Gasteiger partial charge < -0.3 is 15.0 Å². The summed E-state index contributed by atoms with van der Waals surface area (Å²) in [5.41, 5.74) is 0. The maximum atomic E-state index is 11.4. The van der Waals surface area contributed by atoms with Crippen molar-refractivity contribution in [3.63, 3.8) is 0 Å². The molecule has 4 nitrogen and oxygen atoms in total. The summed E-state index contributed by atoms with van der Waals surface area (Å²) in [5, 5.41) is 3.35.